The van der Waals surface area contributed by atoms with E-state index in [4.69, 9.17) is 4.74 Å². The summed E-state index contributed by atoms with van der Waals surface area (Å²) in [5, 5.41) is 0. The molecule has 1 saturated heterocycles. The van der Waals surface area contributed by atoms with Crippen molar-refractivity contribution in [3.05, 3.63) is 24.3 Å². The first-order chi connectivity index (χ1) is 14.0. The molecule has 1 aliphatic heterocycles. The van der Waals surface area contributed by atoms with Crippen LogP contribution >= 0.6 is 0 Å². The summed E-state index contributed by atoms with van der Waals surface area (Å²) in [6.45, 7) is 1.31. The van der Waals surface area contributed by atoms with Gasteiger partial charge in [0.15, 0.2) is 0 Å². The van der Waals surface area contributed by atoms with Gasteiger partial charge in [-0.15, -0.1) is 0 Å². The van der Waals surface area contributed by atoms with Gasteiger partial charge in [-0.2, -0.15) is 0 Å². The highest BCUT2D eigenvalue weighted by Crippen LogP contribution is 2.37. The number of rotatable bonds is 5. The van der Waals surface area contributed by atoms with Crippen molar-refractivity contribution in [3.8, 4) is 5.75 Å². The predicted molar refractivity (Wildman–Crippen MR) is 105 cm³/mol. The molecule has 3 aliphatic rings. The Morgan fingerprint density at radius 3 is 2.24 bits per heavy atom. The minimum absolute atomic E-state index is 0.0110. The van der Waals surface area contributed by atoms with Crippen LogP contribution in [0.25, 0.3) is 0 Å². The van der Waals surface area contributed by atoms with Crippen LogP contribution in [0.4, 0.5) is 5.69 Å². The molecule has 0 N–H and O–H groups in total. The second-order valence-electron chi connectivity index (χ2n) is 8.19. The molecule has 7 nitrogen and oxygen atoms in total. The number of ether oxygens (including phenoxy) is 1. The van der Waals surface area contributed by atoms with Crippen molar-refractivity contribution in [2.75, 3.05) is 4.90 Å². The van der Waals surface area contributed by atoms with Crippen LogP contribution in [0, 0.1) is 5.92 Å². The van der Waals surface area contributed by atoms with Crippen molar-refractivity contribution >= 4 is 29.4 Å². The van der Waals surface area contributed by atoms with Crippen LogP contribution in [0.5, 0.6) is 5.75 Å². The zero-order valence-corrected chi connectivity index (χ0v) is 16.6. The number of carbonyl (C=O) groups is 4. The maximum atomic E-state index is 13.2. The normalized spacial score (nSPS) is 22.7. The van der Waals surface area contributed by atoms with Gasteiger partial charge < -0.3 is 9.64 Å². The van der Waals surface area contributed by atoms with Crippen molar-refractivity contribution in [3.63, 3.8) is 0 Å². The molecule has 7 heteroatoms. The van der Waals surface area contributed by atoms with Crippen molar-refractivity contribution in [1.29, 1.82) is 0 Å². The first-order valence-corrected chi connectivity index (χ1v) is 10.4. The lowest BCUT2D eigenvalue weighted by molar-refractivity contribution is -0.143. The second kappa shape index (κ2) is 7.97. The van der Waals surface area contributed by atoms with E-state index >= 15 is 0 Å². The highest BCUT2D eigenvalue weighted by atomic mass is 16.5. The van der Waals surface area contributed by atoms with Gasteiger partial charge in [-0.25, -0.2) is 4.90 Å². The number of anilines is 1. The quantitative estimate of drug-likeness (QED) is 0.433. The standard InChI is InChI=1S/C22H26N2O5/c1-14(25)29-18-11-9-17(10-12-18)24-20(26)13-19(22(24)28)23(21(27)15-7-8-15)16-5-3-2-4-6-16/h9-12,15-16,19H,2-8,13H2,1H3. The predicted octanol–water partition coefficient (Wildman–Crippen LogP) is 2.82. The molecular formula is C22H26N2O5. The molecule has 3 fully saturated rings. The van der Waals surface area contributed by atoms with E-state index in [-0.39, 0.29) is 36.1 Å². The molecule has 29 heavy (non-hydrogen) atoms. The third kappa shape index (κ3) is 4.04. The summed E-state index contributed by atoms with van der Waals surface area (Å²) in [5.41, 5.74) is 0.431. The van der Waals surface area contributed by atoms with Crippen molar-refractivity contribution < 1.29 is 23.9 Å². The first kappa shape index (κ1) is 19.6. The molecule has 0 spiro atoms. The number of hydrogen-bond donors (Lipinski definition) is 0. The Labute approximate surface area is 170 Å². The third-order valence-electron chi connectivity index (χ3n) is 5.96. The van der Waals surface area contributed by atoms with Gasteiger partial charge in [-0.1, -0.05) is 19.3 Å². The molecule has 0 bridgehead atoms. The average molecular weight is 398 g/mol. The number of imide groups is 1. The van der Waals surface area contributed by atoms with Crippen molar-refractivity contribution in [2.24, 2.45) is 5.92 Å². The molecule has 1 heterocycles. The smallest absolute Gasteiger partial charge is 0.308 e. The molecule has 1 aromatic carbocycles. The summed E-state index contributed by atoms with van der Waals surface area (Å²) in [7, 11) is 0. The molecule has 1 unspecified atom stereocenters. The van der Waals surface area contributed by atoms with Gasteiger partial charge in [0.1, 0.15) is 11.8 Å². The van der Waals surface area contributed by atoms with Gasteiger partial charge in [-0.05, 0) is 49.9 Å². The number of benzene rings is 1. The van der Waals surface area contributed by atoms with Gasteiger partial charge in [0.25, 0.3) is 5.91 Å². The summed E-state index contributed by atoms with van der Waals surface area (Å²) < 4.78 is 5.01. The monoisotopic (exact) mass is 398 g/mol. The van der Waals surface area contributed by atoms with Crippen LogP contribution in [0.3, 0.4) is 0 Å². The van der Waals surface area contributed by atoms with Crippen LogP contribution in [-0.4, -0.2) is 40.7 Å². The minimum atomic E-state index is -0.716. The fourth-order valence-electron chi connectivity index (χ4n) is 4.42. The van der Waals surface area contributed by atoms with E-state index in [0.717, 1.165) is 49.8 Å². The Morgan fingerprint density at radius 2 is 1.66 bits per heavy atom. The van der Waals surface area contributed by atoms with E-state index < -0.39 is 12.0 Å². The molecule has 1 aromatic rings. The summed E-state index contributed by atoms with van der Waals surface area (Å²) >= 11 is 0. The fourth-order valence-corrected chi connectivity index (χ4v) is 4.42. The van der Waals surface area contributed by atoms with Gasteiger partial charge in [0.05, 0.1) is 12.1 Å². The summed E-state index contributed by atoms with van der Waals surface area (Å²) in [6.07, 6.45) is 6.82. The Morgan fingerprint density at radius 1 is 1.00 bits per heavy atom. The van der Waals surface area contributed by atoms with E-state index in [1.807, 2.05) is 0 Å². The molecule has 0 aromatic heterocycles. The molecule has 2 saturated carbocycles. The van der Waals surface area contributed by atoms with Crippen LogP contribution in [0.15, 0.2) is 24.3 Å². The lowest BCUT2D eigenvalue weighted by atomic mass is 9.92. The number of esters is 1. The molecule has 3 amide bonds. The highest BCUT2D eigenvalue weighted by molar-refractivity contribution is 6.23. The average Bonchev–Trinajstić information content (AvgIpc) is 3.50. The molecular weight excluding hydrogens is 372 g/mol. The van der Waals surface area contributed by atoms with E-state index in [1.165, 1.54) is 6.92 Å². The maximum absolute atomic E-state index is 13.2. The zero-order valence-electron chi connectivity index (χ0n) is 16.6. The molecule has 154 valence electrons. The van der Waals surface area contributed by atoms with Crippen molar-refractivity contribution in [1.82, 2.24) is 4.90 Å². The van der Waals surface area contributed by atoms with Crippen LogP contribution in [0.2, 0.25) is 0 Å². The number of nitrogens with zero attached hydrogens (tertiary/aromatic N) is 2. The zero-order chi connectivity index (χ0) is 20.5. The summed E-state index contributed by atoms with van der Waals surface area (Å²) in [5.74, 6) is -0.677. The second-order valence-corrected chi connectivity index (χ2v) is 8.19. The Bertz CT molecular complexity index is 824. The molecule has 4 rings (SSSR count). The topological polar surface area (TPSA) is 84.0 Å². The highest BCUT2D eigenvalue weighted by Gasteiger charge is 2.49. The number of carbonyl (C=O) groups excluding carboxylic acids is 4. The largest absolute Gasteiger partial charge is 0.427 e. The SMILES string of the molecule is CC(=O)Oc1ccc(N2C(=O)CC(N(C(=O)C3CC3)C3CCCCC3)C2=O)cc1. The molecule has 2 aliphatic carbocycles. The number of amides is 3. The Kier molecular flexibility index (Phi) is 5.39. The van der Waals surface area contributed by atoms with E-state index in [1.54, 1.807) is 29.2 Å². The van der Waals surface area contributed by atoms with Gasteiger partial charge in [-0.3, -0.25) is 19.2 Å². The fraction of sp³-hybridized carbons (Fsp3) is 0.545. The van der Waals surface area contributed by atoms with E-state index in [0.29, 0.717) is 11.4 Å². The van der Waals surface area contributed by atoms with E-state index in [9.17, 15) is 19.2 Å². The minimum Gasteiger partial charge on any atom is -0.427 e. The van der Waals surface area contributed by atoms with Crippen molar-refractivity contribution in [2.45, 2.75) is 70.4 Å². The van der Waals surface area contributed by atoms with Crippen LogP contribution in [0.1, 0.15) is 58.3 Å². The molecule has 0 radical (unpaired) electrons. The molecule has 1 atom stereocenters. The van der Waals surface area contributed by atoms with E-state index in [2.05, 4.69) is 0 Å². The summed E-state index contributed by atoms with van der Waals surface area (Å²) in [6, 6.07) is 5.61. The first-order valence-electron chi connectivity index (χ1n) is 10.4. The summed E-state index contributed by atoms with van der Waals surface area (Å²) in [4.78, 5) is 53.0. The lowest BCUT2D eigenvalue weighted by Gasteiger charge is -2.37. The van der Waals surface area contributed by atoms with Gasteiger partial charge >= 0.3 is 5.97 Å². The van der Waals surface area contributed by atoms with Gasteiger partial charge in [0.2, 0.25) is 11.8 Å². The van der Waals surface area contributed by atoms with Gasteiger partial charge in [0, 0.05) is 18.9 Å². The van der Waals surface area contributed by atoms with Crippen LogP contribution < -0.4 is 9.64 Å². The number of hydrogen-bond acceptors (Lipinski definition) is 5. The Hall–Kier alpha value is -2.70. The van der Waals surface area contributed by atoms with Crippen LogP contribution in [-0.2, 0) is 19.2 Å². The lowest BCUT2D eigenvalue weighted by Crippen LogP contribution is -2.52. The Balaban J connectivity index is 1.56. The maximum Gasteiger partial charge on any atom is 0.308 e. The third-order valence-corrected chi connectivity index (χ3v) is 5.96.